The van der Waals surface area contributed by atoms with E-state index in [0.29, 0.717) is 34.1 Å². The molecule has 2 heterocycles. The fourth-order valence-corrected chi connectivity index (χ4v) is 4.13. The highest BCUT2D eigenvalue weighted by atomic mass is 32.1. The Morgan fingerprint density at radius 1 is 1.24 bits per heavy atom. The van der Waals surface area contributed by atoms with Crippen LogP contribution in [0.2, 0.25) is 0 Å². The van der Waals surface area contributed by atoms with Gasteiger partial charge in [0, 0.05) is 17.8 Å². The maximum absolute atomic E-state index is 14.2. The van der Waals surface area contributed by atoms with Crippen molar-refractivity contribution < 1.29 is 23.5 Å². The van der Waals surface area contributed by atoms with Crippen molar-refractivity contribution in [1.29, 1.82) is 0 Å². The number of hydrogen-bond acceptors (Lipinski definition) is 7. The van der Waals surface area contributed by atoms with Crippen LogP contribution in [0.4, 0.5) is 4.39 Å². The first kappa shape index (κ1) is 23.2. The number of rotatable bonds is 7. The number of aromatic hydroxyl groups is 1. The average Bonchev–Trinajstić information content (AvgIpc) is 3.31. The Balaban J connectivity index is 1.81. The number of phenolic OH excluding ortho intramolecular Hbond substituents is 1. The summed E-state index contributed by atoms with van der Waals surface area (Å²) >= 11 is 5.58. The lowest BCUT2D eigenvalue weighted by molar-refractivity contribution is 0.372. The molecular weight excluding hydrogens is 459 g/mol. The molecule has 3 aromatic rings. The molecule has 0 fully saturated rings. The van der Waals surface area contributed by atoms with E-state index in [4.69, 9.17) is 26.2 Å². The summed E-state index contributed by atoms with van der Waals surface area (Å²) < 4.78 is 30.0. The van der Waals surface area contributed by atoms with E-state index >= 15 is 0 Å². The van der Waals surface area contributed by atoms with Gasteiger partial charge in [-0.05, 0) is 55.0 Å². The number of thiocarbonyl (C=S) groups is 1. The van der Waals surface area contributed by atoms with E-state index in [2.05, 4.69) is 22.0 Å². The summed E-state index contributed by atoms with van der Waals surface area (Å²) in [6.07, 6.45) is 1.73. The van der Waals surface area contributed by atoms with Crippen LogP contribution in [0.5, 0.6) is 17.2 Å². The Hall–Kier alpha value is -3.92. The number of benzene rings is 2. The average molecular weight is 483 g/mol. The summed E-state index contributed by atoms with van der Waals surface area (Å²) in [5.74, 6) is 0.368. The molecule has 0 aliphatic carbocycles. The number of ether oxygens (including phenoxy) is 2. The van der Waals surface area contributed by atoms with Crippen LogP contribution in [0, 0.1) is 5.82 Å². The number of allylic oxidation sites excluding steroid dienone is 1. The summed E-state index contributed by atoms with van der Waals surface area (Å²) in [4.78, 5) is 6.39. The molecule has 8 nitrogen and oxygen atoms in total. The van der Waals surface area contributed by atoms with Crippen molar-refractivity contribution >= 4 is 22.9 Å². The molecule has 0 amide bonds. The number of aromatic nitrogens is 2. The van der Waals surface area contributed by atoms with Crippen molar-refractivity contribution in [2.24, 2.45) is 0 Å². The van der Waals surface area contributed by atoms with Crippen molar-refractivity contribution in [3.8, 4) is 28.6 Å². The van der Waals surface area contributed by atoms with E-state index in [1.54, 1.807) is 24.3 Å². The van der Waals surface area contributed by atoms with E-state index in [1.807, 2.05) is 17.9 Å². The first-order chi connectivity index (χ1) is 16.4. The topological polar surface area (TPSA) is 92.9 Å². The molecule has 0 bridgehead atoms. The Morgan fingerprint density at radius 3 is 2.62 bits per heavy atom. The predicted octanol–water partition coefficient (Wildman–Crippen LogP) is 4.45. The molecule has 2 N–H and O–H groups in total. The molecule has 0 radical (unpaired) electrons. The van der Waals surface area contributed by atoms with Crippen LogP contribution in [0.15, 0.2) is 59.3 Å². The van der Waals surface area contributed by atoms with Gasteiger partial charge in [-0.1, -0.05) is 17.3 Å². The lowest BCUT2D eigenvalue weighted by Gasteiger charge is -2.36. The highest BCUT2D eigenvalue weighted by Gasteiger charge is 2.34. The summed E-state index contributed by atoms with van der Waals surface area (Å²) in [5, 5.41) is 18.2. The lowest BCUT2D eigenvalue weighted by Crippen LogP contribution is -2.45. The third kappa shape index (κ3) is 4.19. The first-order valence-corrected chi connectivity index (χ1v) is 10.7. The Morgan fingerprint density at radius 2 is 1.97 bits per heavy atom. The van der Waals surface area contributed by atoms with Crippen molar-refractivity contribution in [1.82, 2.24) is 20.4 Å². The summed E-state index contributed by atoms with van der Waals surface area (Å²) in [5.41, 5.74) is 2.59. The van der Waals surface area contributed by atoms with Crippen LogP contribution < -0.4 is 14.8 Å². The van der Waals surface area contributed by atoms with Crippen LogP contribution in [0.3, 0.4) is 0 Å². The second kappa shape index (κ2) is 9.52. The van der Waals surface area contributed by atoms with Gasteiger partial charge in [0.15, 0.2) is 28.2 Å². The minimum Gasteiger partial charge on any atom is -0.504 e. The third-order valence-corrected chi connectivity index (χ3v) is 5.85. The number of phenols is 1. The van der Waals surface area contributed by atoms with E-state index in [0.717, 1.165) is 5.70 Å². The quantitative estimate of drug-likeness (QED) is 0.374. The number of halogens is 1. The zero-order chi connectivity index (χ0) is 24.4. The Bertz CT molecular complexity index is 1290. The van der Waals surface area contributed by atoms with Gasteiger partial charge in [-0.2, -0.15) is 4.98 Å². The van der Waals surface area contributed by atoms with Gasteiger partial charge >= 0.3 is 0 Å². The molecule has 1 unspecified atom stereocenters. The van der Waals surface area contributed by atoms with Gasteiger partial charge in [0.05, 0.1) is 25.8 Å². The summed E-state index contributed by atoms with van der Waals surface area (Å²) in [6.45, 7) is 6.15. The molecule has 1 aliphatic rings. The molecule has 1 aromatic heterocycles. The maximum Gasteiger partial charge on any atom is 0.258 e. The van der Waals surface area contributed by atoms with Crippen LogP contribution in [-0.4, -0.2) is 46.0 Å². The monoisotopic (exact) mass is 482 g/mol. The lowest BCUT2D eigenvalue weighted by atomic mass is 9.94. The predicted molar refractivity (Wildman–Crippen MR) is 129 cm³/mol. The minimum absolute atomic E-state index is 0.0156. The number of nitrogens with one attached hydrogen (secondary N) is 1. The molecule has 10 heteroatoms. The van der Waals surface area contributed by atoms with E-state index in [-0.39, 0.29) is 23.2 Å². The Kier molecular flexibility index (Phi) is 6.51. The molecule has 4 rings (SSSR count). The largest absolute Gasteiger partial charge is 0.504 e. The van der Waals surface area contributed by atoms with E-state index in [1.165, 1.54) is 26.4 Å². The van der Waals surface area contributed by atoms with Crippen molar-refractivity contribution in [2.75, 3.05) is 20.8 Å². The molecule has 1 atom stereocenters. The molecular formula is C24H23FN4O4S. The fraction of sp³-hybridized carbons (Fsp3) is 0.208. The summed E-state index contributed by atoms with van der Waals surface area (Å²) in [6, 6.07) is 9.00. The van der Waals surface area contributed by atoms with Crippen molar-refractivity contribution in [3.63, 3.8) is 0 Å². The van der Waals surface area contributed by atoms with Crippen LogP contribution in [0.1, 0.15) is 24.4 Å². The smallest absolute Gasteiger partial charge is 0.258 e. The minimum atomic E-state index is -0.532. The second-order valence-electron chi connectivity index (χ2n) is 7.48. The molecule has 176 valence electrons. The first-order valence-electron chi connectivity index (χ1n) is 10.3. The van der Waals surface area contributed by atoms with Gasteiger partial charge < -0.3 is 29.3 Å². The van der Waals surface area contributed by atoms with Crippen molar-refractivity contribution in [2.45, 2.75) is 13.0 Å². The van der Waals surface area contributed by atoms with E-state index < -0.39 is 11.9 Å². The fourth-order valence-electron chi connectivity index (χ4n) is 3.80. The summed E-state index contributed by atoms with van der Waals surface area (Å²) in [7, 11) is 2.87. The second-order valence-corrected chi connectivity index (χ2v) is 7.87. The maximum atomic E-state index is 14.2. The van der Waals surface area contributed by atoms with Crippen molar-refractivity contribution in [3.05, 3.63) is 72.0 Å². The Labute approximate surface area is 201 Å². The zero-order valence-corrected chi connectivity index (χ0v) is 19.6. The number of hydrogen-bond donors (Lipinski definition) is 2. The molecule has 0 saturated heterocycles. The van der Waals surface area contributed by atoms with Gasteiger partial charge in [0.1, 0.15) is 0 Å². The molecule has 34 heavy (non-hydrogen) atoms. The highest BCUT2D eigenvalue weighted by Crippen LogP contribution is 2.40. The van der Waals surface area contributed by atoms with Gasteiger partial charge in [-0.15, -0.1) is 6.58 Å². The van der Waals surface area contributed by atoms with Gasteiger partial charge in [0.25, 0.3) is 5.89 Å². The van der Waals surface area contributed by atoms with Crippen LogP contribution in [-0.2, 0) is 0 Å². The normalized spacial score (nSPS) is 15.8. The van der Waals surface area contributed by atoms with Crippen LogP contribution in [0.25, 0.3) is 17.0 Å². The van der Waals surface area contributed by atoms with Gasteiger partial charge in [-0.3, -0.25) is 0 Å². The standard InChI is InChI=1S/C24H23FN4O4S/c1-5-10-29-13(2)20(21(26-24(29)34)14-6-9-19(32-4)17(30)12-14)23-27-22(28-33-23)15-7-8-18(31-3)16(25)11-15/h5-9,11-12,21,30H,1,10H2,2-4H3,(H,26,34). The molecule has 0 saturated carbocycles. The molecule has 1 aliphatic heterocycles. The number of methoxy groups -OCH3 is 2. The SMILES string of the molecule is C=CCN1C(=S)NC(c2ccc(OC)c(O)c2)C(c2nc(-c3ccc(OC)c(F)c3)no2)=C1C. The molecule has 2 aromatic carbocycles. The van der Waals surface area contributed by atoms with Gasteiger partial charge in [0.2, 0.25) is 5.82 Å². The third-order valence-electron chi connectivity index (χ3n) is 5.51. The highest BCUT2D eigenvalue weighted by molar-refractivity contribution is 7.80. The van der Waals surface area contributed by atoms with Crippen LogP contribution >= 0.6 is 12.2 Å². The van der Waals surface area contributed by atoms with E-state index in [9.17, 15) is 9.50 Å². The van der Waals surface area contributed by atoms with Gasteiger partial charge in [-0.25, -0.2) is 4.39 Å². The molecule has 0 spiro atoms. The zero-order valence-electron chi connectivity index (χ0n) is 18.8. The number of nitrogens with zero attached hydrogens (tertiary/aromatic N) is 3.